The molecule has 0 aromatic rings. The van der Waals surface area contributed by atoms with Crippen molar-refractivity contribution in [2.24, 2.45) is 11.7 Å². The van der Waals surface area contributed by atoms with Crippen molar-refractivity contribution in [3.63, 3.8) is 0 Å². The Morgan fingerprint density at radius 1 is 1.04 bits per heavy atom. The maximum Gasteiger partial charge on any atom is 0.312 e. The van der Waals surface area contributed by atoms with Crippen molar-refractivity contribution in [2.45, 2.75) is 52.1 Å². The summed E-state index contributed by atoms with van der Waals surface area (Å²) in [6.07, 6.45) is 1.58. The molecule has 4 amide bonds. The van der Waals surface area contributed by atoms with Crippen molar-refractivity contribution < 1.29 is 23.9 Å². The van der Waals surface area contributed by atoms with Crippen LogP contribution in [0.25, 0.3) is 0 Å². The second-order valence-corrected chi connectivity index (χ2v) is 6.49. The van der Waals surface area contributed by atoms with Crippen LogP contribution in [0.1, 0.15) is 40.0 Å². The molecule has 0 fully saturated rings. The number of hydrogen-bond acceptors (Lipinski definition) is 5. The number of nitrogens with two attached hydrogens (primary N) is 1. The number of carbonyl (C=O) groups excluding carboxylic acids is 3. The summed E-state index contributed by atoms with van der Waals surface area (Å²) in [6.45, 7) is 7.28. The van der Waals surface area contributed by atoms with Gasteiger partial charge in [0.1, 0.15) is 6.04 Å². The predicted molar refractivity (Wildman–Crippen MR) is 98.5 cm³/mol. The smallest absolute Gasteiger partial charge is 0.312 e. The fourth-order valence-electron chi connectivity index (χ4n) is 2.21. The second-order valence-electron chi connectivity index (χ2n) is 6.49. The minimum absolute atomic E-state index is 0.0444. The molecule has 0 aliphatic heterocycles. The van der Waals surface area contributed by atoms with Crippen LogP contribution in [0, 0.1) is 5.92 Å². The summed E-state index contributed by atoms with van der Waals surface area (Å²) in [4.78, 5) is 35.0. The van der Waals surface area contributed by atoms with E-state index < -0.39 is 12.1 Å². The number of rotatable bonds is 14. The molecule has 0 bridgehead atoms. The van der Waals surface area contributed by atoms with E-state index in [0.29, 0.717) is 32.6 Å². The molecule has 9 heteroatoms. The van der Waals surface area contributed by atoms with Crippen molar-refractivity contribution in [2.75, 3.05) is 33.5 Å². The molecule has 0 rings (SSSR count). The third-order valence-electron chi connectivity index (χ3n) is 3.67. The maximum atomic E-state index is 12.4. The first-order valence-corrected chi connectivity index (χ1v) is 8.97. The fourth-order valence-corrected chi connectivity index (χ4v) is 2.21. The van der Waals surface area contributed by atoms with Gasteiger partial charge >= 0.3 is 6.03 Å². The van der Waals surface area contributed by atoms with E-state index in [-0.39, 0.29) is 36.8 Å². The van der Waals surface area contributed by atoms with Crippen LogP contribution >= 0.6 is 0 Å². The minimum atomic E-state index is -0.604. The lowest BCUT2D eigenvalue weighted by Crippen LogP contribution is -2.51. The number of carbonyl (C=O) groups is 3. The Kier molecular flexibility index (Phi) is 13.3. The lowest BCUT2D eigenvalue weighted by molar-refractivity contribution is -0.131. The third-order valence-corrected chi connectivity index (χ3v) is 3.67. The van der Waals surface area contributed by atoms with Gasteiger partial charge in [0.2, 0.25) is 11.8 Å². The molecule has 5 N–H and O–H groups in total. The predicted octanol–water partition coefficient (Wildman–Crippen LogP) is 0.134. The lowest BCUT2D eigenvalue weighted by Gasteiger charge is -2.24. The molecule has 0 saturated heterocycles. The summed E-state index contributed by atoms with van der Waals surface area (Å²) in [5, 5.41) is 8.16. The first kappa shape index (κ1) is 24.1. The average Bonchev–Trinajstić information content (AvgIpc) is 2.55. The van der Waals surface area contributed by atoms with E-state index in [2.05, 4.69) is 16.0 Å². The fraction of sp³-hybridized carbons (Fsp3) is 0.824. The van der Waals surface area contributed by atoms with E-state index in [1.807, 2.05) is 20.8 Å². The normalized spacial score (nSPS) is 13.1. The van der Waals surface area contributed by atoms with E-state index in [4.69, 9.17) is 15.2 Å². The lowest BCUT2D eigenvalue weighted by atomic mass is 10.0. The van der Waals surface area contributed by atoms with Crippen LogP contribution < -0.4 is 21.7 Å². The molecule has 0 radical (unpaired) electrons. The summed E-state index contributed by atoms with van der Waals surface area (Å²) in [5.74, 6) is -0.490. The molecular formula is C17H34N4O5. The molecule has 0 spiro atoms. The van der Waals surface area contributed by atoms with Crippen LogP contribution in [0.3, 0.4) is 0 Å². The van der Waals surface area contributed by atoms with Crippen molar-refractivity contribution >= 4 is 17.8 Å². The van der Waals surface area contributed by atoms with Gasteiger partial charge in [0.05, 0.1) is 19.8 Å². The number of ether oxygens (including phenoxy) is 2. The topological polar surface area (TPSA) is 132 Å². The zero-order valence-electron chi connectivity index (χ0n) is 16.3. The van der Waals surface area contributed by atoms with Gasteiger partial charge in [0.25, 0.3) is 0 Å². The third kappa shape index (κ3) is 12.5. The number of nitrogens with one attached hydrogen (secondary N) is 3. The Morgan fingerprint density at radius 2 is 1.73 bits per heavy atom. The Morgan fingerprint density at radius 3 is 2.31 bits per heavy atom. The van der Waals surface area contributed by atoms with Gasteiger partial charge in [-0.15, -0.1) is 0 Å². The zero-order valence-corrected chi connectivity index (χ0v) is 16.3. The van der Waals surface area contributed by atoms with E-state index in [1.54, 1.807) is 7.11 Å². The van der Waals surface area contributed by atoms with E-state index in [9.17, 15) is 14.4 Å². The SMILES string of the molecule is COCCOCCC(=O)N[C@H](C(=O)N[C@H](C)CCCNC(N)=O)C(C)C. The molecule has 2 atom stereocenters. The van der Waals surface area contributed by atoms with Crippen molar-refractivity contribution in [3.05, 3.63) is 0 Å². The Hall–Kier alpha value is -1.87. The van der Waals surface area contributed by atoms with E-state index in [1.165, 1.54) is 0 Å². The van der Waals surface area contributed by atoms with Gasteiger partial charge in [-0.2, -0.15) is 0 Å². The van der Waals surface area contributed by atoms with Crippen LogP contribution in [-0.4, -0.2) is 63.4 Å². The number of urea groups is 1. The molecule has 0 aliphatic carbocycles. The maximum absolute atomic E-state index is 12.4. The summed E-state index contributed by atoms with van der Waals surface area (Å²) < 4.78 is 10.1. The Balaban J connectivity index is 4.22. The molecule has 0 aromatic carbocycles. The van der Waals surface area contributed by atoms with Crippen LogP contribution in [-0.2, 0) is 19.1 Å². The minimum Gasteiger partial charge on any atom is -0.382 e. The summed E-state index contributed by atoms with van der Waals surface area (Å²) in [5.41, 5.74) is 4.99. The zero-order chi connectivity index (χ0) is 19.9. The summed E-state index contributed by atoms with van der Waals surface area (Å²) >= 11 is 0. The van der Waals surface area contributed by atoms with Crippen molar-refractivity contribution in [1.29, 1.82) is 0 Å². The molecule has 0 saturated carbocycles. The highest BCUT2D eigenvalue weighted by molar-refractivity contribution is 5.88. The van der Waals surface area contributed by atoms with Gasteiger partial charge in [0, 0.05) is 26.1 Å². The molecule has 0 heterocycles. The number of methoxy groups -OCH3 is 1. The summed E-state index contributed by atoms with van der Waals surface area (Å²) in [6, 6.07) is -1.24. The van der Waals surface area contributed by atoms with Crippen LogP contribution in [0.2, 0.25) is 0 Å². The number of hydrogen-bond donors (Lipinski definition) is 4. The molecule has 9 nitrogen and oxygen atoms in total. The van der Waals surface area contributed by atoms with Gasteiger partial charge in [-0.1, -0.05) is 13.8 Å². The van der Waals surface area contributed by atoms with E-state index in [0.717, 1.165) is 0 Å². The molecule has 0 unspecified atom stereocenters. The molecule has 152 valence electrons. The molecular weight excluding hydrogens is 340 g/mol. The largest absolute Gasteiger partial charge is 0.382 e. The first-order chi connectivity index (χ1) is 12.3. The van der Waals surface area contributed by atoms with Gasteiger partial charge in [0.15, 0.2) is 0 Å². The van der Waals surface area contributed by atoms with Gasteiger partial charge < -0.3 is 31.2 Å². The van der Waals surface area contributed by atoms with Gasteiger partial charge in [-0.05, 0) is 25.7 Å². The quantitative estimate of drug-likeness (QED) is 0.321. The standard InChI is InChI=1S/C17H34N4O5/c1-12(2)15(21-14(22)7-9-26-11-10-25-4)16(23)20-13(3)6-5-8-19-17(18)24/h12-13,15H,5-11H2,1-4H3,(H,20,23)(H,21,22)(H3,18,19,24)/t13-,15+/m1/s1. The Bertz CT molecular complexity index is 431. The highest BCUT2D eigenvalue weighted by atomic mass is 16.5. The first-order valence-electron chi connectivity index (χ1n) is 8.97. The summed E-state index contributed by atoms with van der Waals surface area (Å²) in [7, 11) is 1.58. The van der Waals surface area contributed by atoms with Crippen LogP contribution in [0.5, 0.6) is 0 Å². The van der Waals surface area contributed by atoms with Crippen LogP contribution in [0.15, 0.2) is 0 Å². The molecule has 0 aromatic heterocycles. The van der Waals surface area contributed by atoms with Gasteiger partial charge in [-0.25, -0.2) is 4.79 Å². The highest BCUT2D eigenvalue weighted by Crippen LogP contribution is 2.04. The average molecular weight is 374 g/mol. The van der Waals surface area contributed by atoms with Gasteiger partial charge in [-0.3, -0.25) is 9.59 Å². The monoisotopic (exact) mass is 374 g/mol. The van der Waals surface area contributed by atoms with Crippen LogP contribution in [0.4, 0.5) is 4.79 Å². The van der Waals surface area contributed by atoms with Crippen molar-refractivity contribution in [1.82, 2.24) is 16.0 Å². The van der Waals surface area contributed by atoms with E-state index >= 15 is 0 Å². The number of primary amides is 1. The Labute approximate surface area is 155 Å². The second kappa shape index (κ2) is 14.3. The molecule has 0 aliphatic rings. The molecule has 26 heavy (non-hydrogen) atoms. The van der Waals surface area contributed by atoms with Crippen molar-refractivity contribution in [3.8, 4) is 0 Å². The highest BCUT2D eigenvalue weighted by Gasteiger charge is 2.24. The number of amides is 4.